The van der Waals surface area contributed by atoms with E-state index in [1.807, 2.05) is 0 Å². The van der Waals surface area contributed by atoms with Crippen molar-refractivity contribution in [3.05, 3.63) is 24.3 Å². The Kier molecular flexibility index (Phi) is 6.73. The predicted molar refractivity (Wildman–Crippen MR) is 60.1 cm³/mol. The molecule has 8 heteroatoms. The molecule has 0 aromatic heterocycles. The number of anilines is 1. The molecule has 6 nitrogen and oxygen atoms in total. The molecule has 0 radical (unpaired) electrons. The summed E-state index contributed by atoms with van der Waals surface area (Å²) in [4.78, 5) is 10.9. The molecular formula is C9H13N2NaO4S. The van der Waals surface area contributed by atoms with E-state index in [2.05, 4.69) is 10.6 Å². The minimum Gasteiger partial charge on any atom is -1.00 e. The second-order valence-electron chi connectivity index (χ2n) is 2.99. The van der Waals surface area contributed by atoms with Gasteiger partial charge < -0.3 is 12.1 Å². The largest absolute Gasteiger partial charge is 1.00 e. The van der Waals surface area contributed by atoms with Gasteiger partial charge >= 0.3 is 35.6 Å². The Labute approximate surface area is 123 Å². The molecule has 1 aromatic rings. The fraction of sp³-hybridized carbons (Fsp3) is 0.222. The van der Waals surface area contributed by atoms with Crippen LogP contribution in [-0.2, 0) is 10.1 Å². The maximum atomic E-state index is 11.1. The zero-order chi connectivity index (χ0) is 12.2. The van der Waals surface area contributed by atoms with Crippen molar-refractivity contribution < 1.29 is 48.7 Å². The zero-order valence-electron chi connectivity index (χ0n) is 10.6. The fourth-order valence-corrected chi connectivity index (χ4v) is 1.60. The van der Waals surface area contributed by atoms with Gasteiger partial charge in [-0.1, -0.05) is 6.07 Å². The van der Waals surface area contributed by atoms with Gasteiger partial charge in [0, 0.05) is 12.2 Å². The third kappa shape index (κ3) is 5.51. The first-order valence-electron chi connectivity index (χ1n) is 4.56. The smallest absolute Gasteiger partial charge is 1.00 e. The molecule has 1 rings (SSSR count). The summed E-state index contributed by atoms with van der Waals surface area (Å²) < 4.78 is 30.4. The molecule has 0 heterocycles. The van der Waals surface area contributed by atoms with Gasteiger partial charge in [-0.3, -0.25) is 4.55 Å². The molecule has 0 saturated carbocycles. The van der Waals surface area contributed by atoms with Crippen LogP contribution in [0.15, 0.2) is 29.2 Å². The van der Waals surface area contributed by atoms with Gasteiger partial charge in [-0.15, -0.1) is 0 Å². The monoisotopic (exact) mass is 268 g/mol. The molecule has 1 aromatic carbocycles. The Bertz CT molecular complexity index is 495. The van der Waals surface area contributed by atoms with Crippen LogP contribution in [0.1, 0.15) is 8.35 Å². The maximum absolute atomic E-state index is 11.1. The van der Waals surface area contributed by atoms with E-state index < -0.39 is 16.1 Å². The fourth-order valence-electron chi connectivity index (χ4n) is 1.07. The summed E-state index contributed by atoms with van der Waals surface area (Å²) in [6.45, 7) is 2.22. The molecule has 0 atom stereocenters. The zero-order valence-corrected chi connectivity index (χ0v) is 12.4. The molecule has 0 spiro atoms. The van der Waals surface area contributed by atoms with E-state index in [1.165, 1.54) is 24.3 Å². The second kappa shape index (κ2) is 6.97. The van der Waals surface area contributed by atoms with E-state index >= 15 is 0 Å². The number of urea groups is 1. The molecule has 3 N–H and O–H groups in total. The van der Waals surface area contributed by atoms with Gasteiger partial charge in [-0.2, -0.15) is 8.42 Å². The number of hydrogen-bond donors (Lipinski definition) is 3. The third-order valence-electron chi connectivity index (χ3n) is 1.73. The molecule has 0 unspecified atom stereocenters. The van der Waals surface area contributed by atoms with Gasteiger partial charge in [0.05, 0.1) is 4.90 Å². The summed E-state index contributed by atoms with van der Waals surface area (Å²) in [5.74, 6) is 0. The van der Waals surface area contributed by atoms with Crippen molar-refractivity contribution in [3.63, 3.8) is 0 Å². The standard InChI is InChI=1S/C9H12N2O4S.Na.H/c1-2-10-9(12)11-7-4-3-5-8(6-7)16(13,14)15;;/h3-6H,2H2,1H3,(H2,10,11,12)(H,13,14,15);;/q;+1;-1. The predicted octanol–water partition coefficient (Wildman–Crippen LogP) is -1.81. The Morgan fingerprint density at radius 2 is 2.12 bits per heavy atom. The second-order valence-corrected chi connectivity index (χ2v) is 4.41. The molecule has 0 fully saturated rings. The minimum atomic E-state index is -4.25. The molecule has 2 amide bonds. The summed E-state index contributed by atoms with van der Waals surface area (Å²) in [6.07, 6.45) is 0. The first-order chi connectivity index (χ1) is 7.43. The number of carbonyl (C=O) groups is 1. The Morgan fingerprint density at radius 3 is 2.65 bits per heavy atom. The van der Waals surface area contributed by atoms with Crippen molar-refractivity contribution in [2.24, 2.45) is 0 Å². The molecule has 0 aliphatic rings. The van der Waals surface area contributed by atoms with Crippen LogP contribution >= 0.6 is 0 Å². The molecule has 0 aliphatic heterocycles. The summed E-state index contributed by atoms with van der Waals surface area (Å²) in [5.41, 5.74) is 0.293. The average molecular weight is 268 g/mol. The molecule has 17 heavy (non-hydrogen) atoms. The Balaban J connectivity index is 0. The van der Waals surface area contributed by atoms with Crippen LogP contribution in [0.3, 0.4) is 0 Å². The van der Waals surface area contributed by atoms with Crippen LogP contribution in [0, 0.1) is 0 Å². The van der Waals surface area contributed by atoms with E-state index in [4.69, 9.17) is 4.55 Å². The normalized spacial score (nSPS) is 10.2. The first kappa shape index (κ1) is 16.4. The van der Waals surface area contributed by atoms with E-state index in [0.717, 1.165) is 0 Å². The number of hydrogen-bond acceptors (Lipinski definition) is 3. The van der Waals surface area contributed by atoms with Crippen LogP contribution in [-0.4, -0.2) is 25.5 Å². The van der Waals surface area contributed by atoms with Crippen LogP contribution in [0.2, 0.25) is 0 Å². The molecule has 0 bridgehead atoms. The number of rotatable bonds is 3. The van der Waals surface area contributed by atoms with Gasteiger partial charge in [-0.25, -0.2) is 4.79 Å². The molecule has 0 saturated heterocycles. The van der Waals surface area contributed by atoms with Gasteiger partial charge in [0.2, 0.25) is 0 Å². The van der Waals surface area contributed by atoms with Gasteiger partial charge in [-0.05, 0) is 25.1 Å². The topological polar surface area (TPSA) is 95.5 Å². The van der Waals surface area contributed by atoms with Crippen molar-refractivity contribution in [2.75, 3.05) is 11.9 Å². The van der Waals surface area contributed by atoms with E-state index in [0.29, 0.717) is 12.2 Å². The number of carbonyl (C=O) groups excluding carboxylic acids is 1. The quantitative estimate of drug-likeness (QED) is 0.445. The van der Waals surface area contributed by atoms with E-state index in [1.54, 1.807) is 6.92 Å². The van der Waals surface area contributed by atoms with Crippen molar-refractivity contribution in [3.8, 4) is 0 Å². The van der Waals surface area contributed by atoms with Crippen molar-refractivity contribution in [1.29, 1.82) is 0 Å². The Hall–Kier alpha value is -0.600. The van der Waals surface area contributed by atoms with Gasteiger partial charge in [0.25, 0.3) is 10.1 Å². The molecule has 0 aliphatic carbocycles. The molecule has 90 valence electrons. The van der Waals surface area contributed by atoms with Crippen LogP contribution in [0.25, 0.3) is 0 Å². The van der Waals surface area contributed by atoms with Crippen molar-refractivity contribution in [2.45, 2.75) is 11.8 Å². The van der Waals surface area contributed by atoms with Gasteiger partial charge in [0.1, 0.15) is 0 Å². The number of benzene rings is 1. The Morgan fingerprint density at radius 1 is 1.47 bits per heavy atom. The van der Waals surface area contributed by atoms with Crippen LogP contribution in [0.5, 0.6) is 0 Å². The van der Waals surface area contributed by atoms with E-state index in [-0.39, 0.29) is 35.9 Å². The van der Waals surface area contributed by atoms with E-state index in [9.17, 15) is 13.2 Å². The maximum Gasteiger partial charge on any atom is 1.00 e. The molecular weight excluding hydrogens is 255 g/mol. The third-order valence-corrected chi connectivity index (χ3v) is 2.58. The summed E-state index contributed by atoms with van der Waals surface area (Å²) in [7, 11) is -4.25. The van der Waals surface area contributed by atoms with Crippen molar-refractivity contribution >= 4 is 21.8 Å². The summed E-state index contributed by atoms with van der Waals surface area (Å²) >= 11 is 0. The van der Waals surface area contributed by atoms with Crippen LogP contribution in [0.4, 0.5) is 10.5 Å². The SMILES string of the molecule is CCNC(=O)Nc1cccc(S(=O)(=O)O)c1.[H-].[Na+]. The first-order valence-corrected chi connectivity index (χ1v) is 6.00. The number of nitrogens with one attached hydrogen (secondary N) is 2. The minimum absolute atomic E-state index is 0. The van der Waals surface area contributed by atoms with Crippen molar-refractivity contribution in [1.82, 2.24) is 5.32 Å². The average Bonchev–Trinajstić information content (AvgIpc) is 2.17. The summed E-state index contributed by atoms with van der Waals surface area (Å²) in [6, 6.07) is 4.91. The van der Waals surface area contributed by atoms with Gasteiger partial charge in [0.15, 0.2) is 0 Å². The van der Waals surface area contributed by atoms with Crippen LogP contribution < -0.4 is 40.2 Å². The number of amides is 2. The summed E-state index contributed by atoms with van der Waals surface area (Å²) in [5, 5.41) is 4.92.